The largest absolute Gasteiger partial charge is 0.496 e. The van der Waals surface area contributed by atoms with Crippen LogP contribution in [0.1, 0.15) is 37.5 Å². The first-order valence-corrected chi connectivity index (χ1v) is 9.09. The summed E-state index contributed by atoms with van der Waals surface area (Å²) in [7, 11) is 1.68. The van der Waals surface area contributed by atoms with Crippen LogP contribution in [0.25, 0.3) is 6.08 Å². The zero-order valence-electron chi connectivity index (χ0n) is 17.0. The minimum atomic E-state index is -0.318. The van der Waals surface area contributed by atoms with Gasteiger partial charge in [0, 0.05) is 17.7 Å². The van der Waals surface area contributed by atoms with Crippen LogP contribution in [0.5, 0.6) is 11.5 Å². The Morgan fingerprint density at radius 3 is 2.67 bits per heavy atom. The number of carbonyl (C=O) groups excluding carboxylic acids is 1. The lowest BCUT2D eigenvalue weighted by Gasteiger charge is -2.22. The SMILES string of the molecule is CCOC(=O)/C=C(C)/C=C/C=C(\C)C1=Cc2c(cc(OC)c(C)c2C)OC1. The predicted molar refractivity (Wildman–Crippen MR) is 109 cm³/mol. The number of allylic oxidation sites excluding steroid dienone is 4. The second-order valence-corrected chi connectivity index (χ2v) is 6.55. The molecule has 0 saturated carbocycles. The van der Waals surface area contributed by atoms with Gasteiger partial charge in [0.1, 0.15) is 18.1 Å². The highest BCUT2D eigenvalue weighted by Gasteiger charge is 2.18. The molecule has 0 fully saturated rings. The maximum Gasteiger partial charge on any atom is 0.330 e. The van der Waals surface area contributed by atoms with Crippen LogP contribution in [0.3, 0.4) is 0 Å². The molecule has 1 aromatic carbocycles. The van der Waals surface area contributed by atoms with Crippen molar-refractivity contribution in [3.05, 3.63) is 63.8 Å². The summed E-state index contributed by atoms with van der Waals surface area (Å²) in [6.07, 6.45) is 9.51. The van der Waals surface area contributed by atoms with E-state index >= 15 is 0 Å². The van der Waals surface area contributed by atoms with E-state index in [0.717, 1.165) is 44.9 Å². The van der Waals surface area contributed by atoms with Gasteiger partial charge < -0.3 is 14.2 Å². The van der Waals surface area contributed by atoms with Gasteiger partial charge in [-0.25, -0.2) is 4.79 Å². The van der Waals surface area contributed by atoms with Crippen LogP contribution in [-0.4, -0.2) is 26.3 Å². The molecule has 1 aliphatic rings. The fraction of sp³-hybridized carbons (Fsp3) is 0.348. The average Bonchev–Trinajstić information content (AvgIpc) is 2.64. The van der Waals surface area contributed by atoms with Gasteiger partial charge in [-0.15, -0.1) is 0 Å². The van der Waals surface area contributed by atoms with Crippen LogP contribution < -0.4 is 9.47 Å². The van der Waals surface area contributed by atoms with Crippen LogP contribution in [0.2, 0.25) is 0 Å². The van der Waals surface area contributed by atoms with Gasteiger partial charge in [0.15, 0.2) is 0 Å². The molecule has 144 valence electrons. The summed E-state index contributed by atoms with van der Waals surface area (Å²) in [5.74, 6) is 1.39. The van der Waals surface area contributed by atoms with Gasteiger partial charge in [0.05, 0.1) is 13.7 Å². The van der Waals surface area contributed by atoms with Gasteiger partial charge >= 0.3 is 5.97 Å². The Balaban J connectivity index is 2.21. The molecule has 4 nitrogen and oxygen atoms in total. The zero-order valence-corrected chi connectivity index (χ0v) is 17.0. The van der Waals surface area contributed by atoms with Crippen LogP contribution in [-0.2, 0) is 9.53 Å². The first-order valence-electron chi connectivity index (χ1n) is 9.09. The minimum Gasteiger partial charge on any atom is -0.496 e. The summed E-state index contributed by atoms with van der Waals surface area (Å²) in [6.45, 7) is 10.8. The lowest BCUT2D eigenvalue weighted by atomic mass is 9.95. The summed E-state index contributed by atoms with van der Waals surface area (Å²) < 4.78 is 16.3. The molecule has 0 N–H and O–H groups in total. The fourth-order valence-electron chi connectivity index (χ4n) is 2.86. The number of ether oxygens (including phenoxy) is 3. The van der Waals surface area contributed by atoms with Gasteiger partial charge in [-0.05, 0) is 68.5 Å². The number of hydrogen-bond acceptors (Lipinski definition) is 4. The molecule has 0 unspecified atom stereocenters. The molecular weight excluding hydrogens is 340 g/mol. The molecule has 0 bridgehead atoms. The Hall–Kier alpha value is -2.75. The van der Waals surface area contributed by atoms with E-state index in [1.165, 1.54) is 6.08 Å². The van der Waals surface area contributed by atoms with E-state index in [1.54, 1.807) is 14.0 Å². The molecule has 1 aromatic rings. The van der Waals surface area contributed by atoms with E-state index in [2.05, 4.69) is 26.8 Å². The number of rotatable bonds is 6. The third-order valence-electron chi connectivity index (χ3n) is 4.63. The lowest BCUT2D eigenvalue weighted by Crippen LogP contribution is -2.10. The number of esters is 1. The molecule has 2 rings (SSSR count). The van der Waals surface area contributed by atoms with Gasteiger partial charge in [-0.1, -0.05) is 18.2 Å². The maximum absolute atomic E-state index is 11.4. The Kier molecular flexibility index (Phi) is 7.05. The number of benzene rings is 1. The van der Waals surface area contributed by atoms with Crippen molar-refractivity contribution < 1.29 is 19.0 Å². The molecule has 0 radical (unpaired) electrons. The molecule has 4 heteroatoms. The zero-order chi connectivity index (χ0) is 20.0. The first-order chi connectivity index (χ1) is 12.9. The topological polar surface area (TPSA) is 44.8 Å². The van der Waals surface area contributed by atoms with E-state index < -0.39 is 0 Å². The van der Waals surface area contributed by atoms with E-state index in [1.807, 2.05) is 31.2 Å². The Bertz CT molecular complexity index is 838. The maximum atomic E-state index is 11.4. The van der Waals surface area contributed by atoms with E-state index in [9.17, 15) is 4.79 Å². The fourth-order valence-corrected chi connectivity index (χ4v) is 2.86. The molecule has 0 saturated heterocycles. The van der Waals surface area contributed by atoms with E-state index in [0.29, 0.717) is 13.2 Å². The highest BCUT2D eigenvalue weighted by Crippen LogP contribution is 2.37. The number of methoxy groups -OCH3 is 1. The molecule has 0 atom stereocenters. The third-order valence-corrected chi connectivity index (χ3v) is 4.63. The summed E-state index contributed by atoms with van der Waals surface area (Å²) in [5.41, 5.74) is 6.48. The number of carbonyl (C=O) groups is 1. The second kappa shape index (κ2) is 9.26. The molecule has 0 amide bonds. The van der Waals surface area contributed by atoms with Crippen molar-refractivity contribution in [3.63, 3.8) is 0 Å². The molecule has 0 aromatic heterocycles. The standard InChI is InChI=1S/C23H28O4/c1-7-26-23(24)11-15(2)9-8-10-16(3)19-12-20-17(4)18(5)21(25-6)13-22(20)27-14-19/h8-13H,7,14H2,1-6H3/b9-8+,15-11+,16-10+. The van der Waals surface area contributed by atoms with Crippen LogP contribution >= 0.6 is 0 Å². The quantitative estimate of drug-likeness (QED) is 0.398. The monoisotopic (exact) mass is 368 g/mol. The normalized spacial score (nSPS) is 14.5. The predicted octanol–water partition coefficient (Wildman–Crippen LogP) is 5.10. The molecule has 1 aliphatic heterocycles. The summed E-state index contributed by atoms with van der Waals surface area (Å²) in [4.78, 5) is 11.4. The third kappa shape index (κ3) is 5.13. The van der Waals surface area contributed by atoms with Crippen LogP contribution in [0, 0.1) is 13.8 Å². The van der Waals surface area contributed by atoms with Crippen molar-refractivity contribution in [2.24, 2.45) is 0 Å². The number of fused-ring (bicyclic) bond motifs is 1. The average molecular weight is 368 g/mol. The van der Waals surface area contributed by atoms with Gasteiger partial charge in [-0.2, -0.15) is 0 Å². The summed E-state index contributed by atoms with van der Waals surface area (Å²) in [6, 6.07) is 1.95. The van der Waals surface area contributed by atoms with Crippen molar-refractivity contribution in [3.8, 4) is 11.5 Å². The highest BCUT2D eigenvalue weighted by atomic mass is 16.5. The molecule has 0 spiro atoms. The summed E-state index contributed by atoms with van der Waals surface area (Å²) >= 11 is 0. The van der Waals surface area contributed by atoms with Gasteiger partial charge in [0.2, 0.25) is 0 Å². The molecular formula is C23H28O4. The molecule has 27 heavy (non-hydrogen) atoms. The van der Waals surface area contributed by atoms with Crippen molar-refractivity contribution in [1.29, 1.82) is 0 Å². The first kappa shape index (κ1) is 20.6. The second-order valence-electron chi connectivity index (χ2n) is 6.55. The van der Waals surface area contributed by atoms with E-state index in [-0.39, 0.29) is 5.97 Å². The summed E-state index contributed by atoms with van der Waals surface area (Å²) in [5, 5.41) is 0. The van der Waals surface area contributed by atoms with Crippen LogP contribution in [0.15, 0.2) is 47.1 Å². The Morgan fingerprint density at radius 2 is 2.00 bits per heavy atom. The highest BCUT2D eigenvalue weighted by molar-refractivity contribution is 5.83. The van der Waals surface area contributed by atoms with E-state index in [4.69, 9.17) is 14.2 Å². The van der Waals surface area contributed by atoms with Crippen molar-refractivity contribution >= 4 is 12.0 Å². The van der Waals surface area contributed by atoms with Gasteiger partial charge in [0.25, 0.3) is 0 Å². The van der Waals surface area contributed by atoms with Crippen molar-refractivity contribution in [2.45, 2.75) is 34.6 Å². The van der Waals surface area contributed by atoms with Crippen molar-refractivity contribution in [1.82, 2.24) is 0 Å². The molecule has 1 heterocycles. The minimum absolute atomic E-state index is 0.318. The van der Waals surface area contributed by atoms with Crippen molar-refractivity contribution in [2.75, 3.05) is 20.3 Å². The number of hydrogen-bond donors (Lipinski definition) is 0. The molecule has 0 aliphatic carbocycles. The smallest absolute Gasteiger partial charge is 0.330 e. The Morgan fingerprint density at radius 1 is 1.26 bits per heavy atom. The lowest BCUT2D eigenvalue weighted by molar-refractivity contribution is -0.137. The van der Waals surface area contributed by atoms with Crippen LogP contribution in [0.4, 0.5) is 0 Å². The Labute approximate surface area is 161 Å². The van der Waals surface area contributed by atoms with Gasteiger partial charge in [-0.3, -0.25) is 0 Å².